The Morgan fingerprint density at radius 3 is 2.62 bits per heavy atom. The van der Waals surface area contributed by atoms with E-state index in [2.05, 4.69) is 51.6 Å². The van der Waals surface area contributed by atoms with Crippen LogP contribution in [0.1, 0.15) is 67.5 Å². The monoisotopic (exact) mass is 606 g/mol. The van der Waals surface area contributed by atoms with Gasteiger partial charge in [0.05, 0.1) is 40.1 Å². The van der Waals surface area contributed by atoms with Crippen LogP contribution < -0.4 is 19.9 Å². The molecule has 42 heavy (non-hydrogen) atoms. The molecule has 5 rings (SSSR count). The Morgan fingerprint density at radius 2 is 1.93 bits per heavy atom. The van der Waals surface area contributed by atoms with Crippen molar-refractivity contribution < 1.29 is 8.95 Å². The number of nitrogens with zero attached hydrogens (tertiary/aromatic N) is 3. The summed E-state index contributed by atoms with van der Waals surface area (Å²) in [5.74, 6) is 7.33. The first-order chi connectivity index (χ1) is 19.9. The smallest absolute Gasteiger partial charge is 0.270 e. The van der Waals surface area contributed by atoms with Crippen LogP contribution in [-0.2, 0) is 30.9 Å². The fraction of sp³-hybridized carbons (Fsp3) is 0.455. The number of fused-ring (bicyclic) bond motifs is 1. The van der Waals surface area contributed by atoms with Crippen LogP contribution in [0.4, 0.5) is 5.95 Å². The Morgan fingerprint density at radius 1 is 1.19 bits per heavy atom. The summed E-state index contributed by atoms with van der Waals surface area (Å²) in [6.07, 6.45) is 4.81. The van der Waals surface area contributed by atoms with Crippen molar-refractivity contribution in [2.24, 2.45) is 12.5 Å². The number of piperidine rings is 1. The van der Waals surface area contributed by atoms with E-state index >= 15 is 0 Å². The first-order valence-electron chi connectivity index (χ1n) is 14.3. The van der Waals surface area contributed by atoms with E-state index in [1.807, 2.05) is 32.9 Å². The van der Waals surface area contributed by atoms with Crippen molar-refractivity contribution in [3.8, 4) is 17.6 Å². The van der Waals surface area contributed by atoms with Crippen LogP contribution in [0.15, 0.2) is 47.4 Å². The maximum Gasteiger partial charge on any atom is 0.270 e. The van der Waals surface area contributed by atoms with Crippen molar-refractivity contribution >= 4 is 28.5 Å². The molecule has 1 unspecified atom stereocenters. The lowest BCUT2D eigenvalue weighted by Gasteiger charge is -2.44. The van der Waals surface area contributed by atoms with Gasteiger partial charge in [0.2, 0.25) is 5.95 Å². The highest BCUT2D eigenvalue weighted by Crippen LogP contribution is 2.52. The fourth-order valence-electron chi connectivity index (χ4n) is 6.02. The van der Waals surface area contributed by atoms with Crippen molar-refractivity contribution in [3.05, 3.63) is 85.8 Å². The molecule has 1 aromatic heterocycles. The molecule has 1 N–H and O–H groups in total. The number of hydrogen-bond acceptors (Lipinski definition) is 5. The normalized spacial score (nSPS) is 18.4. The third-order valence-corrected chi connectivity index (χ3v) is 10.3. The first kappa shape index (κ1) is 30.3. The second-order valence-corrected chi connectivity index (χ2v) is 14.8. The summed E-state index contributed by atoms with van der Waals surface area (Å²) in [4.78, 5) is 20.1. The van der Waals surface area contributed by atoms with Gasteiger partial charge in [-0.3, -0.25) is 9.36 Å². The van der Waals surface area contributed by atoms with E-state index in [0.717, 1.165) is 37.9 Å². The van der Waals surface area contributed by atoms with Crippen LogP contribution in [0.2, 0.25) is 5.02 Å². The van der Waals surface area contributed by atoms with Crippen molar-refractivity contribution in [3.63, 3.8) is 0 Å². The Kier molecular flexibility index (Phi) is 8.58. The van der Waals surface area contributed by atoms with Crippen molar-refractivity contribution in [2.75, 3.05) is 25.1 Å². The number of halogens is 1. The number of benzene rings is 2. The molecule has 2 aliphatic rings. The molecular weight excluding hydrogens is 568 g/mol. The summed E-state index contributed by atoms with van der Waals surface area (Å²) >= 11 is 6.12. The minimum absolute atomic E-state index is 0.0182. The number of rotatable bonds is 5. The second kappa shape index (κ2) is 11.9. The summed E-state index contributed by atoms with van der Waals surface area (Å²) in [6, 6.07) is 12.2. The summed E-state index contributed by atoms with van der Waals surface area (Å²) in [5, 5.41) is 0.547. The average molecular weight is 607 g/mol. The molecule has 1 saturated heterocycles. The van der Waals surface area contributed by atoms with E-state index in [0.29, 0.717) is 28.7 Å². The highest BCUT2D eigenvalue weighted by atomic mass is 35.5. The molecule has 3 aromatic rings. The molecule has 2 atom stereocenters. The van der Waals surface area contributed by atoms with Gasteiger partial charge in [-0.05, 0) is 81.2 Å². The Bertz CT molecular complexity index is 1640. The standard InChI is InChI=1S/C33H39ClN4O3S/c1-22-10-12-24-20-33(29(26(24)18-22)36-42(40)32(2,3)4)14-16-38(17-15-33)31-35-21-25(30(39)37(31)5)9-7-8-23-11-13-27(34)28(19-23)41-6/h10-13,18-19,21,29,36H,8,14-17,20H2,1-6H3/t29-,42?/m1/s1. The Hall–Kier alpha value is -3.12. The van der Waals surface area contributed by atoms with Crippen molar-refractivity contribution in [1.82, 2.24) is 14.3 Å². The van der Waals surface area contributed by atoms with Gasteiger partial charge in [-0.25, -0.2) is 13.9 Å². The lowest BCUT2D eigenvalue weighted by molar-refractivity contribution is 0.176. The number of ether oxygens (including phenoxy) is 1. The van der Waals surface area contributed by atoms with Crippen molar-refractivity contribution in [2.45, 2.75) is 64.2 Å². The highest BCUT2D eigenvalue weighted by molar-refractivity contribution is 7.84. The number of aromatic nitrogens is 2. The highest BCUT2D eigenvalue weighted by Gasteiger charge is 2.49. The minimum Gasteiger partial charge on any atom is -0.495 e. The van der Waals surface area contributed by atoms with Crippen LogP contribution in [0.25, 0.3) is 0 Å². The van der Waals surface area contributed by atoms with Gasteiger partial charge in [-0.2, -0.15) is 0 Å². The zero-order valence-electron chi connectivity index (χ0n) is 25.2. The lowest BCUT2D eigenvalue weighted by atomic mass is 9.73. The molecule has 1 spiro atoms. The van der Waals surface area contributed by atoms with Gasteiger partial charge >= 0.3 is 0 Å². The van der Waals surface area contributed by atoms with Crippen LogP contribution in [0.5, 0.6) is 5.75 Å². The number of nitrogens with one attached hydrogen (secondary N) is 1. The molecule has 1 fully saturated rings. The summed E-state index contributed by atoms with van der Waals surface area (Å²) in [7, 11) is 2.15. The molecule has 0 radical (unpaired) electrons. The Labute approximate surface area is 256 Å². The first-order valence-corrected chi connectivity index (χ1v) is 15.8. The van der Waals surface area contributed by atoms with E-state index in [1.165, 1.54) is 16.7 Å². The van der Waals surface area contributed by atoms with Crippen LogP contribution >= 0.6 is 11.6 Å². The van der Waals surface area contributed by atoms with Gasteiger partial charge in [0.1, 0.15) is 11.3 Å². The summed E-state index contributed by atoms with van der Waals surface area (Å²) in [6.45, 7) is 9.65. The molecular formula is C33H39ClN4O3S. The average Bonchev–Trinajstić information content (AvgIpc) is 3.23. The van der Waals surface area contributed by atoms with E-state index in [-0.39, 0.29) is 21.8 Å². The Balaban J connectivity index is 1.32. The van der Waals surface area contributed by atoms with Gasteiger partial charge < -0.3 is 9.64 Å². The van der Waals surface area contributed by atoms with E-state index in [4.69, 9.17) is 16.3 Å². The van der Waals surface area contributed by atoms with Crippen LogP contribution in [0, 0.1) is 24.2 Å². The number of hydrogen-bond donors (Lipinski definition) is 1. The maximum atomic E-state index is 13.3. The molecule has 2 heterocycles. The zero-order chi connectivity index (χ0) is 30.2. The van der Waals surface area contributed by atoms with Gasteiger partial charge in [-0.15, -0.1) is 0 Å². The fourth-order valence-corrected chi connectivity index (χ4v) is 7.16. The molecule has 0 bridgehead atoms. The van der Waals surface area contributed by atoms with Gasteiger partial charge in [-0.1, -0.05) is 53.3 Å². The SMILES string of the molecule is COc1cc(CC#Cc2cnc(N3CCC4(CC3)Cc3ccc(C)cc3[C@H]4NS(=O)C(C)(C)C)n(C)c2=O)ccc1Cl. The summed E-state index contributed by atoms with van der Waals surface area (Å²) < 4.78 is 23.3. The molecule has 1 aliphatic heterocycles. The molecule has 9 heteroatoms. The lowest BCUT2D eigenvalue weighted by Crippen LogP contribution is -2.48. The predicted octanol–water partition coefficient (Wildman–Crippen LogP) is 5.28. The largest absolute Gasteiger partial charge is 0.495 e. The molecule has 222 valence electrons. The topological polar surface area (TPSA) is 76.5 Å². The molecule has 1 aliphatic carbocycles. The maximum absolute atomic E-state index is 13.3. The third-order valence-electron chi connectivity index (χ3n) is 8.47. The molecule has 0 amide bonds. The molecule has 0 saturated carbocycles. The number of methoxy groups -OCH3 is 1. The second-order valence-electron chi connectivity index (χ2n) is 12.4. The number of aryl methyl sites for hydroxylation is 1. The molecule has 2 aromatic carbocycles. The van der Waals surface area contributed by atoms with Crippen LogP contribution in [-0.4, -0.2) is 38.7 Å². The van der Waals surface area contributed by atoms with E-state index in [1.54, 1.807) is 31.0 Å². The van der Waals surface area contributed by atoms with Gasteiger partial charge in [0.25, 0.3) is 5.56 Å². The minimum atomic E-state index is -1.19. The van der Waals surface area contributed by atoms with Gasteiger partial charge in [0, 0.05) is 26.6 Å². The third kappa shape index (κ3) is 6.01. The summed E-state index contributed by atoms with van der Waals surface area (Å²) in [5.41, 5.74) is 4.94. The van der Waals surface area contributed by atoms with Gasteiger partial charge in [0.15, 0.2) is 0 Å². The van der Waals surface area contributed by atoms with E-state index < -0.39 is 11.0 Å². The quantitative estimate of drug-likeness (QED) is 0.400. The van der Waals surface area contributed by atoms with Crippen molar-refractivity contribution in [1.29, 1.82) is 0 Å². The number of anilines is 1. The van der Waals surface area contributed by atoms with E-state index in [9.17, 15) is 9.00 Å². The zero-order valence-corrected chi connectivity index (χ0v) is 26.8. The predicted molar refractivity (Wildman–Crippen MR) is 171 cm³/mol. The van der Waals surface area contributed by atoms with Crippen LogP contribution in [0.3, 0.4) is 0 Å². The molecule has 7 nitrogen and oxygen atoms in total.